The summed E-state index contributed by atoms with van der Waals surface area (Å²) in [7, 11) is 0. The molecule has 6 heteroatoms. The first-order chi connectivity index (χ1) is 33.5. The number of nitrogens with one attached hydrogen (secondary N) is 1. The lowest BCUT2D eigenvalue weighted by Gasteiger charge is -2.22. The van der Waals surface area contributed by atoms with Crippen molar-refractivity contribution in [1.82, 2.24) is 5.32 Å². The standard InChI is InChI=1S/C62H121NO5/c1-3-5-7-9-11-13-15-34-38-42-46-50-54-60(65)59(58-64)63-61(66)55-51-47-43-39-35-32-30-28-26-24-22-20-18-17-19-21-23-25-27-29-31-33-37-41-45-49-53-57-68-62(67)56-52-48-44-40-36-16-14-12-10-8-6-4-2/h17-18,59-60,64-65H,3-16,19-58H2,1-2H3,(H,63,66)/b18-17-. The predicted molar refractivity (Wildman–Crippen MR) is 297 cm³/mol. The topological polar surface area (TPSA) is 95.9 Å². The van der Waals surface area contributed by atoms with Crippen molar-refractivity contribution < 1.29 is 24.5 Å². The van der Waals surface area contributed by atoms with Crippen molar-refractivity contribution in [1.29, 1.82) is 0 Å². The van der Waals surface area contributed by atoms with Gasteiger partial charge in [0.2, 0.25) is 5.91 Å². The molecule has 404 valence electrons. The first-order valence-corrected chi connectivity index (χ1v) is 30.9. The zero-order chi connectivity index (χ0) is 49.3. The molecule has 0 heterocycles. The normalized spacial score (nSPS) is 12.6. The Kier molecular flexibility index (Phi) is 57.0. The van der Waals surface area contributed by atoms with Crippen LogP contribution in [0, 0.1) is 0 Å². The van der Waals surface area contributed by atoms with E-state index in [1.165, 1.54) is 276 Å². The third-order valence-electron chi connectivity index (χ3n) is 14.6. The molecule has 0 fully saturated rings. The van der Waals surface area contributed by atoms with Crippen LogP contribution in [0.3, 0.4) is 0 Å². The van der Waals surface area contributed by atoms with Crippen molar-refractivity contribution in [2.24, 2.45) is 0 Å². The Hall–Kier alpha value is -1.40. The Morgan fingerprint density at radius 1 is 0.397 bits per heavy atom. The van der Waals surface area contributed by atoms with Crippen LogP contribution in [-0.2, 0) is 14.3 Å². The van der Waals surface area contributed by atoms with Gasteiger partial charge in [-0.1, -0.05) is 296 Å². The van der Waals surface area contributed by atoms with Crippen LogP contribution in [-0.4, -0.2) is 47.4 Å². The number of amides is 1. The van der Waals surface area contributed by atoms with Gasteiger partial charge in [0.25, 0.3) is 0 Å². The minimum absolute atomic E-state index is 0.0162. The molecule has 0 rings (SSSR count). The predicted octanol–water partition coefficient (Wildman–Crippen LogP) is 19.2. The first kappa shape index (κ1) is 66.6. The van der Waals surface area contributed by atoms with E-state index in [2.05, 4.69) is 31.3 Å². The number of hydrogen-bond acceptors (Lipinski definition) is 5. The summed E-state index contributed by atoms with van der Waals surface area (Å²) in [6.45, 7) is 4.97. The minimum Gasteiger partial charge on any atom is -0.466 e. The van der Waals surface area contributed by atoms with Crippen LogP contribution in [0.15, 0.2) is 12.2 Å². The van der Waals surface area contributed by atoms with Gasteiger partial charge in [-0.05, 0) is 51.4 Å². The van der Waals surface area contributed by atoms with Crippen molar-refractivity contribution in [3.8, 4) is 0 Å². The highest BCUT2D eigenvalue weighted by Crippen LogP contribution is 2.18. The molecule has 2 unspecified atom stereocenters. The molecule has 0 aliphatic heterocycles. The zero-order valence-corrected chi connectivity index (χ0v) is 46.1. The van der Waals surface area contributed by atoms with Gasteiger partial charge in [-0.25, -0.2) is 0 Å². The Labute approximate surface area is 425 Å². The van der Waals surface area contributed by atoms with Crippen LogP contribution in [0.25, 0.3) is 0 Å². The zero-order valence-electron chi connectivity index (χ0n) is 46.1. The van der Waals surface area contributed by atoms with Crippen LogP contribution < -0.4 is 5.32 Å². The molecule has 68 heavy (non-hydrogen) atoms. The lowest BCUT2D eigenvalue weighted by Crippen LogP contribution is -2.45. The van der Waals surface area contributed by atoms with Gasteiger partial charge in [-0.2, -0.15) is 0 Å². The van der Waals surface area contributed by atoms with Crippen molar-refractivity contribution in [3.05, 3.63) is 12.2 Å². The van der Waals surface area contributed by atoms with E-state index in [0.717, 1.165) is 38.5 Å². The molecule has 0 aromatic carbocycles. The second-order valence-electron chi connectivity index (χ2n) is 21.4. The van der Waals surface area contributed by atoms with Crippen molar-refractivity contribution in [2.75, 3.05) is 13.2 Å². The van der Waals surface area contributed by atoms with Gasteiger partial charge in [-0.3, -0.25) is 9.59 Å². The largest absolute Gasteiger partial charge is 0.466 e. The van der Waals surface area contributed by atoms with Gasteiger partial charge in [0, 0.05) is 12.8 Å². The van der Waals surface area contributed by atoms with Gasteiger partial charge in [0.15, 0.2) is 0 Å². The molecule has 0 aliphatic carbocycles. The molecule has 0 bridgehead atoms. The van der Waals surface area contributed by atoms with E-state index in [4.69, 9.17) is 4.74 Å². The molecule has 0 aliphatic rings. The summed E-state index contributed by atoms with van der Waals surface area (Å²) in [5.74, 6) is -0.0184. The van der Waals surface area contributed by atoms with E-state index in [0.29, 0.717) is 25.9 Å². The number of carbonyl (C=O) groups excluding carboxylic acids is 2. The molecular formula is C62H121NO5. The monoisotopic (exact) mass is 960 g/mol. The van der Waals surface area contributed by atoms with E-state index < -0.39 is 12.1 Å². The van der Waals surface area contributed by atoms with Crippen LogP contribution in [0.5, 0.6) is 0 Å². The second kappa shape index (κ2) is 58.2. The van der Waals surface area contributed by atoms with Crippen LogP contribution in [0.1, 0.15) is 348 Å². The van der Waals surface area contributed by atoms with Gasteiger partial charge < -0.3 is 20.3 Å². The van der Waals surface area contributed by atoms with E-state index in [1.807, 2.05) is 0 Å². The summed E-state index contributed by atoms with van der Waals surface area (Å²) in [5.41, 5.74) is 0. The highest BCUT2D eigenvalue weighted by atomic mass is 16.5. The number of rotatable bonds is 58. The average molecular weight is 961 g/mol. The third-order valence-corrected chi connectivity index (χ3v) is 14.6. The summed E-state index contributed by atoms with van der Waals surface area (Å²) in [4.78, 5) is 24.5. The van der Waals surface area contributed by atoms with E-state index in [9.17, 15) is 19.8 Å². The first-order valence-electron chi connectivity index (χ1n) is 30.9. The summed E-state index contributed by atoms with van der Waals surface area (Å²) in [6, 6.07) is -0.540. The molecule has 2 atom stereocenters. The van der Waals surface area contributed by atoms with Crippen molar-refractivity contribution in [3.63, 3.8) is 0 Å². The second-order valence-corrected chi connectivity index (χ2v) is 21.4. The SMILES string of the molecule is CCCCCCCCCCCCCCC(=O)OCCCCCCCCCCCCCC/C=C\CCCCCCCCCCCCCC(=O)NC(CO)C(O)CCCCCCCCCCCCCC. The van der Waals surface area contributed by atoms with Gasteiger partial charge in [0.1, 0.15) is 0 Å². The van der Waals surface area contributed by atoms with Crippen LogP contribution in [0.4, 0.5) is 0 Å². The lowest BCUT2D eigenvalue weighted by molar-refractivity contribution is -0.143. The van der Waals surface area contributed by atoms with E-state index in [-0.39, 0.29) is 18.5 Å². The third kappa shape index (κ3) is 53.9. The molecule has 0 aromatic rings. The number of carbonyl (C=O) groups is 2. The minimum atomic E-state index is -0.663. The van der Waals surface area contributed by atoms with Gasteiger partial charge >= 0.3 is 5.97 Å². The molecule has 1 amide bonds. The molecule has 0 saturated heterocycles. The molecule has 6 nitrogen and oxygen atoms in total. The summed E-state index contributed by atoms with van der Waals surface area (Å²) in [5, 5.41) is 23.2. The molecule has 0 saturated carbocycles. The number of aliphatic hydroxyl groups is 2. The van der Waals surface area contributed by atoms with Gasteiger partial charge in [-0.15, -0.1) is 0 Å². The van der Waals surface area contributed by atoms with Crippen molar-refractivity contribution >= 4 is 11.9 Å². The number of allylic oxidation sites excluding steroid dienone is 2. The van der Waals surface area contributed by atoms with Crippen LogP contribution in [0.2, 0.25) is 0 Å². The number of unbranched alkanes of at least 4 members (excludes halogenated alkanes) is 45. The molecule has 0 aromatic heterocycles. The van der Waals surface area contributed by atoms with Crippen LogP contribution >= 0.6 is 0 Å². The fourth-order valence-corrected chi connectivity index (χ4v) is 9.81. The maximum atomic E-state index is 12.5. The summed E-state index contributed by atoms with van der Waals surface area (Å²) >= 11 is 0. The molecular weight excluding hydrogens is 839 g/mol. The Morgan fingerprint density at radius 3 is 1.04 bits per heavy atom. The quantitative estimate of drug-likeness (QED) is 0.0321. The van der Waals surface area contributed by atoms with E-state index in [1.54, 1.807) is 0 Å². The summed E-state index contributed by atoms with van der Waals surface area (Å²) < 4.78 is 5.47. The van der Waals surface area contributed by atoms with Crippen molar-refractivity contribution in [2.45, 2.75) is 360 Å². The highest BCUT2D eigenvalue weighted by molar-refractivity contribution is 5.76. The Bertz CT molecular complexity index is 1020. The lowest BCUT2D eigenvalue weighted by atomic mass is 10.0. The Morgan fingerprint density at radius 2 is 0.691 bits per heavy atom. The van der Waals surface area contributed by atoms with Gasteiger partial charge in [0.05, 0.1) is 25.4 Å². The fraction of sp³-hybridized carbons (Fsp3) is 0.935. The molecule has 3 N–H and O–H groups in total. The fourth-order valence-electron chi connectivity index (χ4n) is 9.81. The number of hydrogen-bond donors (Lipinski definition) is 3. The number of esters is 1. The molecule has 0 radical (unpaired) electrons. The number of ether oxygens (including phenoxy) is 1. The summed E-state index contributed by atoms with van der Waals surface area (Å²) in [6.07, 6.45) is 69.4. The maximum Gasteiger partial charge on any atom is 0.305 e. The average Bonchev–Trinajstić information content (AvgIpc) is 3.34. The smallest absolute Gasteiger partial charge is 0.305 e. The highest BCUT2D eigenvalue weighted by Gasteiger charge is 2.20. The molecule has 0 spiro atoms. The maximum absolute atomic E-state index is 12.5. The van der Waals surface area contributed by atoms with E-state index >= 15 is 0 Å². The number of aliphatic hydroxyl groups excluding tert-OH is 2. The Balaban J connectivity index is 3.36.